The number of hydrogen-bond acceptors (Lipinski definition) is 5. The second kappa shape index (κ2) is 6.99. The fraction of sp³-hybridized carbons (Fsp3) is 0.200. The number of hydrogen-bond donors (Lipinski definition) is 1. The number of aromatic hydroxyl groups is 1. The van der Waals surface area contributed by atoms with Gasteiger partial charge in [-0.15, -0.1) is 0 Å². The Morgan fingerprint density at radius 2 is 2.05 bits per heavy atom. The van der Waals surface area contributed by atoms with Gasteiger partial charge in [0.05, 0.1) is 16.4 Å². The zero-order chi connectivity index (χ0) is 15.2. The van der Waals surface area contributed by atoms with Gasteiger partial charge >= 0.3 is 5.69 Å². The molecule has 0 bridgehead atoms. The van der Waals surface area contributed by atoms with Crippen LogP contribution in [0, 0.1) is 10.1 Å². The van der Waals surface area contributed by atoms with Gasteiger partial charge in [-0.05, 0) is 36.8 Å². The number of benzene rings is 2. The lowest BCUT2D eigenvalue weighted by molar-refractivity contribution is -0.388. The highest BCUT2D eigenvalue weighted by Crippen LogP contribution is 2.41. The van der Waals surface area contributed by atoms with Crippen molar-refractivity contribution in [3.8, 4) is 11.5 Å². The molecule has 5 nitrogen and oxygen atoms in total. The molecule has 0 saturated carbocycles. The molecule has 1 N–H and O–H groups in total. The van der Waals surface area contributed by atoms with Crippen LogP contribution in [0.25, 0.3) is 0 Å². The van der Waals surface area contributed by atoms with Crippen LogP contribution < -0.4 is 4.74 Å². The Hall–Kier alpha value is -2.21. The molecule has 0 spiro atoms. The third-order valence-electron chi connectivity index (χ3n) is 2.65. The van der Waals surface area contributed by atoms with Crippen molar-refractivity contribution >= 4 is 17.4 Å². The van der Waals surface area contributed by atoms with Crippen molar-refractivity contribution in [1.82, 2.24) is 0 Å². The molecule has 0 saturated heterocycles. The standard InChI is InChI=1S/C15H15NO4S/c1-2-9-20-13-7-4-8-14(15(13)16(18)19)21-12-6-3-5-11(17)10-12/h3-8,10,17H,2,9H2,1H3. The number of para-hydroxylation sites is 1. The largest absolute Gasteiger partial charge is 0.508 e. The van der Waals surface area contributed by atoms with Crippen LogP contribution in [-0.4, -0.2) is 16.6 Å². The number of nitro benzene ring substituents is 1. The first kappa shape index (κ1) is 15.2. The maximum absolute atomic E-state index is 11.3. The van der Waals surface area contributed by atoms with Crippen LogP contribution in [0.2, 0.25) is 0 Å². The molecule has 0 aliphatic heterocycles. The van der Waals surface area contributed by atoms with Gasteiger partial charge in [0.2, 0.25) is 0 Å². The summed E-state index contributed by atoms with van der Waals surface area (Å²) in [6.45, 7) is 2.37. The maximum atomic E-state index is 11.3. The smallest absolute Gasteiger partial charge is 0.324 e. The summed E-state index contributed by atoms with van der Waals surface area (Å²) >= 11 is 1.22. The van der Waals surface area contributed by atoms with Crippen LogP contribution in [0.1, 0.15) is 13.3 Å². The topological polar surface area (TPSA) is 72.6 Å². The number of ether oxygens (including phenoxy) is 1. The Bertz CT molecular complexity index is 645. The average molecular weight is 305 g/mol. The first-order chi connectivity index (χ1) is 10.1. The highest BCUT2D eigenvalue weighted by atomic mass is 32.2. The summed E-state index contributed by atoms with van der Waals surface area (Å²) in [5.41, 5.74) is -0.0423. The molecule has 0 aliphatic rings. The number of rotatable bonds is 6. The van der Waals surface area contributed by atoms with E-state index >= 15 is 0 Å². The van der Waals surface area contributed by atoms with Crippen LogP contribution in [0.15, 0.2) is 52.3 Å². The Kier molecular flexibility index (Phi) is 5.05. The SMILES string of the molecule is CCCOc1cccc(Sc2cccc(O)c2)c1[N+](=O)[O-]. The Morgan fingerprint density at radius 1 is 1.29 bits per heavy atom. The molecule has 6 heteroatoms. The minimum Gasteiger partial charge on any atom is -0.508 e. The lowest BCUT2D eigenvalue weighted by Gasteiger charge is -2.09. The van der Waals surface area contributed by atoms with Gasteiger partial charge in [-0.25, -0.2) is 0 Å². The quantitative estimate of drug-likeness (QED) is 0.638. The summed E-state index contributed by atoms with van der Waals surface area (Å²) in [6.07, 6.45) is 0.779. The predicted molar refractivity (Wildman–Crippen MR) is 81.1 cm³/mol. The lowest BCUT2D eigenvalue weighted by atomic mass is 10.3. The molecule has 0 atom stereocenters. The number of phenols is 1. The van der Waals surface area contributed by atoms with Crippen molar-refractivity contribution in [2.24, 2.45) is 0 Å². The van der Waals surface area contributed by atoms with Crippen molar-refractivity contribution in [2.75, 3.05) is 6.61 Å². The summed E-state index contributed by atoms with van der Waals surface area (Å²) in [5.74, 6) is 0.396. The van der Waals surface area contributed by atoms with Crippen LogP contribution in [0.5, 0.6) is 11.5 Å². The summed E-state index contributed by atoms with van der Waals surface area (Å²) < 4.78 is 5.45. The number of phenolic OH excluding ortho intramolecular Hbond substituents is 1. The molecule has 0 amide bonds. The fourth-order valence-electron chi connectivity index (χ4n) is 1.77. The first-order valence-corrected chi connectivity index (χ1v) is 7.30. The zero-order valence-electron chi connectivity index (χ0n) is 11.5. The number of nitro groups is 1. The maximum Gasteiger partial charge on any atom is 0.324 e. The molecule has 0 aromatic heterocycles. The van der Waals surface area contributed by atoms with Crippen LogP contribution in [-0.2, 0) is 0 Å². The molecule has 21 heavy (non-hydrogen) atoms. The van der Waals surface area contributed by atoms with E-state index in [-0.39, 0.29) is 17.2 Å². The molecule has 0 heterocycles. The molecule has 2 aromatic rings. The normalized spacial score (nSPS) is 10.3. The minimum absolute atomic E-state index is 0.0423. The van der Waals surface area contributed by atoms with Gasteiger partial charge in [-0.1, -0.05) is 30.8 Å². The second-order valence-corrected chi connectivity index (χ2v) is 5.42. The first-order valence-electron chi connectivity index (χ1n) is 6.49. The van der Waals surface area contributed by atoms with Gasteiger partial charge in [-0.3, -0.25) is 10.1 Å². The monoisotopic (exact) mass is 305 g/mol. The molecule has 0 radical (unpaired) electrons. The molecule has 0 aliphatic carbocycles. The Morgan fingerprint density at radius 3 is 2.71 bits per heavy atom. The van der Waals surface area contributed by atoms with Gasteiger partial charge in [0.25, 0.3) is 0 Å². The fourth-order valence-corrected chi connectivity index (χ4v) is 2.77. The van der Waals surface area contributed by atoms with E-state index in [9.17, 15) is 15.2 Å². The van der Waals surface area contributed by atoms with E-state index in [1.807, 2.05) is 6.92 Å². The van der Waals surface area contributed by atoms with Gasteiger partial charge in [0, 0.05) is 4.90 Å². The van der Waals surface area contributed by atoms with Gasteiger partial charge in [0.15, 0.2) is 5.75 Å². The van der Waals surface area contributed by atoms with Crippen LogP contribution in [0.4, 0.5) is 5.69 Å². The van der Waals surface area contributed by atoms with E-state index < -0.39 is 4.92 Å². The van der Waals surface area contributed by atoms with Gasteiger partial charge in [0.1, 0.15) is 5.75 Å². The van der Waals surface area contributed by atoms with E-state index in [2.05, 4.69) is 0 Å². The van der Waals surface area contributed by atoms with E-state index in [1.54, 1.807) is 42.5 Å². The van der Waals surface area contributed by atoms with Crippen molar-refractivity contribution in [2.45, 2.75) is 23.1 Å². The highest BCUT2D eigenvalue weighted by molar-refractivity contribution is 7.99. The summed E-state index contributed by atoms with van der Waals surface area (Å²) in [6, 6.07) is 11.6. The molecular formula is C15H15NO4S. The minimum atomic E-state index is -0.434. The van der Waals surface area contributed by atoms with Crippen molar-refractivity contribution in [1.29, 1.82) is 0 Å². The van der Waals surface area contributed by atoms with Crippen LogP contribution in [0.3, 0.4) is 0 Å². The summed E-state index contributed by atoms with van der Waals surface area (Å²) in [5, 5.41) is 20.8. The lowest BCUT2D eigenvalue weighted by Crippen LogP contribution is -2.00. The third-order valence-corrected chi connectivity index (χ3v) is 3.69. The van der Waals surface area contributed by atoms with E-state index in [0.29, 0.717) is 11.5 Å². The van der Waals surface area contributed by atoms with E-state index in [1.165, 1.54) is 11.8 Å². The number of nitrogens with zero attached hydrogens (tertiary/aromatic N) is 1. The van der Waals surface area contributed by atoms with Gasteiger partial charge < -0.3 is 9.84 Å². The second-order valence-electron chi connectivity index (χ2n) is 4.31. The molecule has 2 rings (SSSR count). The van der Waals surface area contributed by atoms with Crippen molar-refractivity contribution < 1.29 is 14.8 Å². The molecule has 0 unspecified atom stereocenters. The van der Waals surface area contributed by atoms with Crippen LogP contribution >= 0.6 is 11.8 Å². The van der Waals surface area contributed by atoms with E-state index in [4.69, 9.17) is 4.74 Å². The molecule has 110 valence electrons. The zero-order valence-corrected chi connectivity index (χ0v) is 12.3. The third kappa shape index (κ3) is 3.88. The molecular weight excluding hydrogens is 290 g/mol. The summed E-state index contributed by atoms with van der Waals surface area (Å²) in [4.78, 5) is 12.1. The van der Waals surface area contributed by atoms with Gasteiger partial charge in [-0.2, -0.15) is 0 Å². The van der Waals surface area contributed by atoms with Crippen molar-refractivity contribution in [3.05, 3.63) is 52.6 Å². The Labute approximate surface area is 126 Å². The molecule has 2 aromatic carbocycles. The Balaban J connectivity index is 2.36. The summed E-state index contributed by atoms with van der Waals surface area (Å²) in [7, 11) is 0. The highest BCUT2D eigenvalue weighted by Gasteiger charge is 2.21. The average Bonchev–Trinajstić information content (AvgIpc) is 2.45. The van der Waals surface area contributed by atoms with Crippen molar-refractivity contribution in [3.63, 3.8) is 0 Å². The predicted octanol–water partition coefficient (Wildman–Crippen LogP) is 4.24. The molecule has 0 fully saturated rings. The van der Waals surface area contributed by atoms with E-state index in [0.717, 1.165) is 11.3 Å².